The van der Waals surface area contributed by atoms with E-state index in [4.69, 9.17) is 66.8 Å². The van der Waals surface area contributed by atoms with Gasteiger partial charge in [-0.15, -0.1) is 0 Å². The third kappa shape index (κ3) is 13.3. The van der Waals surface area contributed by atoms with E-state index in [0.717, 1.165) is 88.1 Å². The van der Waals surface area contributed by atoms with Gasteiger partial charge in [0, 0.05) is 120 Å². The van der Waals surface area contributed by atoms with Crippen LogP contribution in [0.2, 0.25) is 20.1 Å². The molecule has 0 bridgehead atoms. The van der Waals surface area contributed by atoms with Crippen molar-refractivity contribution >= 4 is 98.7 Å². The molecule has 0 unspecified atom stereocenters. The molecule has 79 heavy (non-hydrogen) atoms. The number of rotatable bonds is 14. The summed E-state index contributed by atoms with van der Waals surface area (Å²) in [5, 5.41) is 24.4. The van der Waals surface area contributed by atoms with E-state index in [1.54, 1.807) is 86.2 Å². The zero-order valence-corrected chi connectivity index (χ0v) is 47.5. The van der Waals surface area contributed by atoms with Crippen molar-refractivity contribution in [2.45, 2.75) is 53.3 Å². The third-order valence-corrected chi connectivity index (χ3v) is 15.0. The maximum Gasteiger partial charge on any atom is 0.416 e. The Morgan fingerprint density at radius 2 is 1.15 bits per heavy atom. The number of benzene rings is 4. The van der Waals surface area contributed by atoms with Crippen molar-refractivity contribution in [1.29, 1.82) is 0 Å². The van der Waals surface area contributed by atoms with E-state index >= 15 is 0 Å². The van der Waals surface area contributed by atoms with E-state index in [9.17, 15) is 19.5 Å². The Morgan fingerprint density at radius 3 is 1.67 bits per heavy atom. The van der Waals surface area contributed by atoms with Crippen LogP contribution in [0.4, 0.5) is 27.8 Å². The number of aromatic nitrogens is 6. The van der Waals surface area contributed by atoms with Gasteiger partial charge in [0.15, 0.2) is 11.3 Å². The lowest BCUT2D eigenvalue weighted by atomic mass is 10.0. The van der Waals surface area contributed by atoms with E-state index in [1.165, 1.54) is 9.42 Å². The standard InChI is InChI=1S/C31H34Cl2N6O4.C26H27Cl2N7O/c1-5-36-12-14-37(15-13-36)26-9-7-20(16-23(26)29(40)41)25-18-28(39-27(35-25)10-11-34-39)38(30(42)43-31(2,3)4)19-21-6-8-22(32)17-24(21)33;1-2-33-9-11-34(12-10-33)23-6-4-17(13-20(23)26(29)36)22-15-25(35-24(32-22)7-8-31-35)30-16-18-3-5-19(27)14-21(18)28/h6-11,16-18H,5,12-15,19H2,1-4H3,(H,40,41);3-8,13-15,30H,2,9-12,16H2,1H3,(H2,29,36). The van der Waals surface area contributed by atoms with Crippen LogP contribution in [0.25, 0.3) is 33.8 Å². The molecule has 0 spiro atoms. The van der Waals surface area contributed by atoms with Gasteiger partial charge in [-0.25, -0.2) is 19.6 Å². The number of piperazine rings is 2. The molecule has 4 N–H and O–H groups in total. The summed E-state index contributed by atoms with van der Waals surface area (Å²) in [4.78, 5) is 58.5. The average molecular weight is 1150 g/mol. The SMILES string of the molecule is CCN1CCN(c2ccc(-c3cc(N(Cc4ccc(Cl)cc4Cl)C(=O)OC(C)(C)C)n4nccc4n3)cc2C(=O)O)CC1.CCN1CCN(c2ccc(-c3cc(NCc4ccc(Cl)cc4Cl)n4nccc4n3)cc2C(N)=O)CC1. The highest BCUT2D eigenvalue weighted by Gasteiger charge is 2.29. The number of hydrogen-bond acceptors (Lipinski definition) is 13. The monoisotopic (exact) mass is 1150 g/mol. The first-order chi connectivity index (χ1) is 37.9. The molecule has 2 aliphatic rings. The fourth-order valence-corrected chi connectivity index (χ4v) is 10.5. The number of aromatic carboxylic acids is 1. The van der Waals surface area contributed by atoms with E-state index < -0.39 is 23.6 Å². The summed E-state index contributed by atoms with van der Waals surface area (Å²) >= 11 is 25.0. The number of carbonyl (C=O) groups is 3. The summed E-state index contributed by atoms with van der Waals surface area (Å²) in [5.41, 5.74) is 12.5. The molecule has 2 aliphatic heterocycles. The molecule has 22 heteroatoms. The molecular weight excluding hydrogens is 1090 g/mol. The number of anilines is 4. The quantitative estimate of drug-likeness (QED) is 0.0930. The van der Waals surface area contributed by atoms with Crippen LogP contribution in [0.5, 0.6) is 0 Å². The first-order valence-electron chi connectivity index (χ1n) is 25.9. The Labute approximate surface area is 478 Å². The number of carboxylic acid groups (broad SMARTS) is 1. The van der Waals surface area contributed by atoms with Gasteiger partial charge in [-0.2, -0.15) is 19.2 Å². The number of nitrogens with one attached hydrogen (secondary N) is 1. The van der Waals surface area contributed by atoms with E-state index in [1.807, 2.05) is 48.5 Å². The smallest absolute Gasteiger partial charge is 0.416 e. The topological polar surface area (TPSA) is 195 Å². The van der Waals surface area contributed by atoms with Crippen LogP contribution in [0, 0.1) is 0 Å². The molecule has 6 heterocycles. The van der Waals surface area contributed by atoms with Gasteiger partial charge in [-0.1, -0.05) is 84.5 Å². The molecule has 2 saturated heterocycles. The van der Waals surface area contributed by atoms with Gasteiger partial charge in [-0.3, -0.25) is 9.69 Å². The summed E-state index contributed by atoms with van der Waals surface area (Å²) in [5.74, 6) is -0.354. The van der Waals surface area contributed by atoms with E-state index in [-0.39, 0.29) is 12.1 Å². The zero-order chi connectivity index (χ0) is 56.1. The van der Waals surface area contributed by atoms with Gasteiger partial charge in [0.2, 0.25) is 0 Å². The Morgan fingerprint density at radius 1 is 0.646 bits per heavy atom. The number of nitrogens with zero attached hydrogens (tertiary/aromatic N) is 11. The van der Waals surface area contributed by atoms with Crippen LogP contribution >= 0.6 is 46.4 Å². The molecular formula is C57H61Cl4N13O5. The van der Waals surface area contributed by atoms with Crippen molar-refractivity contribution in [2.24, 2.45) is 5.73 Å². The molecule has 412 valence electrons. The van der Waals surface area contributed by atoms with Crippen molar-refractivity contribution < 1.29 is 24.2 Å². The maximum absolute atomic E-state index is 13.6. The third-order valence-electron chi connectivity index (χ3n) is 13.8. The van der Waals surface area contributed by atoms with Gasteiger partial charge in [0.25, 0.3) is 5.91 Å². The second-order valence-electron chi connectivity index (χ2n) is 20.1. The Balaban J connectivity index is 0.000000195. The second kappa shape index (κ2) is 24.4. The Kier molecular flexibility index (Phi) is 17.5. The summed E-state index contributed by atoms with van der Waals surface area (Å²) in [6, 6.07) is 28.8. The normalized spacial score (nSPS) is 14.3. The number of primary amides is 1. The van der Waals surface area contributed by atoms with Crippen LogP contribution in [0.1, 0.15) is 66.5 Å². The van der Waals surface area contributed by atoms with E-state index in [2.05, 4.69) is 49.0 Å². The van der Waals surface area contributed by atoms with E-state index in [0.29, 0.717) is 77.5 Å². The predicted molar refractivity (Wildman–Crippen MR) is 314 cm³/mol. The molecule has 8 aromatic rings. The molecule has 0 radical (unpaired) electrons. The van der Waals surface area contributed by atoms with Gasteiger partial charge < -0.3 is 40.5 Å². The minimum Gasteiger partial charge on any atom is -0.478 e. The number of hydrogen-bond donors (Lipinski definition) is 3. The maximum atomic E-state index is 13.6. The lowest BCUT2D eigenvalue weighted by molar-refractivity contribution is 0.0574. The van der Waals surface area contributed by atoms with Crippen molar-refractivity contribution in [3.63, 3.8) is 0 Å². The fourth-order valence-electron chi connectivity index (χ4n) is 9.57. The summed E-state index contributed by atoms with van der Waals surface area (Å²) in [6.45, 7) is 19.1. The number of fused-ring (bicyclic) bond motifs is 2. The number of amides is 2. The molecule has 10 rings (SSSR count). The summed E-state index contributed by atoms with van der Waals surface area (Å²) in [6.07, 6.45) is 2.67. The molecule has 4 aromatic heterocycles. The van der Waals surface area contributed by atoms with Crippen LogP contribution in [-0.4, -0.2) is 133 Å². The lowest BCUT2D eigenvalue weighted by Gasteiger charge is -2.36. The number of carboxylic acids is 1. The van der Waals surface area contributed by atoms with Crippen LogP contribution in [-0.2, 0) is 17.8 Å². The highest BCUT2D eigenvalue weighted by Crippen LogP contribution is 2.34. The van der Waals surface area contributed by atoms with Crippen molar-refractivity contribution in [3.8, 4) is 22.5 Å². The highest BCUT2D eigenvalue weighted by atomic mass is 35.5. The van der Waals surface area contributed by atoms with Crippen molar-refractivity contribution in [2.75, 3.05) is 85.5 Å². The molecule has 4 aromatic carbocycles. The van der Waals surface area contributed by atoms with Gasteiger partial charge in [-0.05, 0) is 93.5 Å². The Bertz CT molecular complexity index is 3530. The molecule has 0 atom stereocenters. The fraction of sp³-hybridized carbons (Fsp3) is 0.316. The molecule has 18 nitrogen and oxygen atoms in total. The van der Waals surface area contributed by atoms with Gasteiger partial charge in [0.05, 0.1) is 47.1 Å². The van der Waals surface area contributed by atoms with Crippen LogP contribution < -0.4 is 25.8 Å². The molecule has 0 saturated carbocycles. The first kappa shape index (κ1) is 56.5. The minimum atomic E-state index is -1.02. The second-order valence-corrected chi connectivity index (χ2v) is 21.8. The molecule has 2 amide bonds. The number of halogens is 4. The zero-order valence-electron chi connectivity index (χ0n) is 44.5. The number of ether oxygens (including phenoxy) is 1. The summed E-state index contributed by atoms with van der Waals surface area (Å²) < 4.78 is 9.04. The number of carbonyl (C=O) groups excluding carboxylic acids is 2. The first-order valence-corrected chi connectivity index (χ1v) is 27.5. The predicted octanol–water partition coefficient (Wildman–Crippen LogP) is 11.0. The number of likely N-dealkylation sites (N-methyl/N-ethyl adjacent to an activating group) is 2. The van der Waals surface area contributed by atoms with Crippen molar-refractivity contribution in [3.05, 3.63) is 152 Å². The highest BCUT2D eigenvalue weighted by molar-refractivity contribution is 6.35. The largest absolute Gasteiger partial charge is 0.478 e. The number of nitrogens with two attached hydrogens (primary N) is 1. The average Bonchev–Trinajstić information content (AvgIpc) is 4.29. The van der Waals surface area contributed by atoms with Crippen molar-refractivity contribution in [1.82, 2.24) is 39.0 Å². The van der Waals surface area contributed by atoms with Crippen LogP contribution in [0.15, 0.2) is 109 Å². The molecule has 2 fully saturated rings. The van der Waals surface area contributed by atoms with Gasteiger partial charge in [0.1, 0.15) is 17.2 Å². The Hall–Kier alpha value is -7.19. The van der Waals surface area contributed by atoms with Gasteiger partial charge >= 0.3 is 12.1 Å². The minimum absolute atomic E-state index is 0.0619. The molecule has 0 aliphatic carbocycles. The lowest BCUT2D eigenvalue weighted by Crippen LogP contribution is -2.46. The summed E-state index contributed by atoms with van der Waals surface area (Å²) in [7, 11) is 0. The van der Waals surface area contributed by atoms with Crippen LogP contribution in [0.3, 0.4) is 0 Å².